The van der Waals surface area contributed by atoms with Crippen LogP contribution in [-0.2, 0) is 0 Å². The quantitative estimate of drug-likeness (QED) is 0.664. The molecule has 1 N–H and O–H groups in total. The summed E-state index contributed by atoms with van der Waals surface area (Å²) in [6.45, 7) is 10.6. The second kappa shape index (κ2) is 5.43. The third-order valence-electron chi connectivity index (χ3n) is 2.23. The molecule has 0 aliphatic heterocycles. The summed E-state index contributed by atoms with van der Waals surface area (Å²) in [5.74, 6) is 0.371. The number of rotatable bonds is 4. The summed E-state index contributed by atoms with van der Waals surface area (Å²) in [5, 5.41) is 9.25. The van der Waals surface area contributed by atoms with Crippen LogP contribution in [0.1, 0.15) is 47.5 Å². The molecule has 0 saturated heterocycles. The van der Waals surface area contributed by atoms with Gasteiger partial charge in [-0.05, 0) is 31.1 Å². The van der Waals surface area contributed by atoms with Crippen LogP contribution in [0.4, 0.5) is 0 Å². The van der Waals surface area contributed by atoms with E-state index in [1.165, 1.54) is 0 Å². The molecule has 0 radical (unpaired) electrons. The highest BCUT2D eigenvalue weighted by atomic mass is 16.3. The lowest BCUT2D eigenvalue weighted by Gasteiger charge is -2.15. The number of allylic oxidation sites excluding steroid dienone is 2. The topological polar surface area (TPSA) is 20.2 Å². The van der Waals surface area contributed by atoms with Gasteiger partial charge in [0.1, 0.15) is 0 Å². The smallest absolute Gasteiger partial charge is 0.0540 e. The Labute approximate surface area is 82.9 Å². The molecule has 0 heterocycles. The highest BCUT2D eigenvalue weighted by Gasteiger charge is 2.08. The molecule has 0 aromatic rings. The molecule has 1 nitrogen and oxygen atoms in total. The molecule has 0 unspecified atom stereocenters. The summed E-state index contributed by atoms with van der Waals surface area (Å²) in [4.78, 5) is 0. The monoisotopic (exact) mass is 184 g/mol. The van der Waals surface area contributed by atoms with E-state index in [2.05, 4.69) is 39.8 Å². The third kappa shape index (κ3) is 8.04. The number of aliphatic hydroxyl groups is 1. The van der Waals surface area contributed by atoms with Crippen molar-refractivity contribution in [3.8, 4) is 0 Å². The molecule has 0 amide bonds. The van der Waals surface area contributed by atoms with E-state index < -0.39 is 0 Å². The van der Waals surface area contributed by atoms with Crippen LogP contribution in [0.25, 0.3) is 0 Å². The van der Waals surface area contributed by atoms with Crippen LogP contribution in [0.15, 0.2) is 12.2 Å². The van der Waals surface area contributed by atoms with Crippen LogP contribution in [0.3, 0.4) is 0 Å². The Hall–Kier alpha value is -0.300. The lowest BCUT2D eigenvalue weighted by Crippen LogP contribution is -2.11. The fraction of sp³-hybridized carbons (Fsp3) is 0.833. The minimum Gasteiger partial charge on any atom is -0.393 e. The molecule has 0 saturated carbocycles. The van der Waals surface area contributed by atoms with E-state index in [1.807, 2.05) is 6.92 Å². The second-order valence-electron chi connectivity index (χ2n) is 5.19. The number of hydrogen-bond acceptors (Lipinski definition) is 1. The van der Waals surface area contributed by atoms with Gasteiger partial charge >= 0.3 is 0 Å². The first kappa shape index (κ1) is 12.7. The molecule has 78 valence electrons. The van der Waals surface area contributed by atoms with Gasteiger partial charge in [0.15, 0.2) is 0 Å². The van der Waals surface area contributed by atoms with Gasteiger partial charge in [-0.3, -0.25) is 0 Å². The van der Waals surface area contributed by atoms with Crippen molar-refractivity contribution >= 4 is 0 Å². The van der Waals surface area contributed by atoms with Crippen molar-refractivity contribution in [3.05, 3.63) is 12.2 Å². The zero-order valence-corrected chi connectivity index (χ0v) is 9.67. The van der Waals surface area contributed by atoms with Gasteiger partial charge in [-0.15, -0.1) is 0 Å². The largest absolute Gasteiger partial charge is 0.393 e. The molecule has 13 heavy (non-hydrogen) atoms. The molecule has 0 aliphatic carbocycles. The van der Waals surface area contributed by atoms with Crippen LogP contribution < -0.4 is 0 Å². The lowest BCUT2D eigenvalue weighted by atomic mass is 9.91. The molecule has 0 aliphatic rings. The van der Waals surface area contributed by atoms with E-state index in [4.69, 9.17) is 0 Å². The van der Waals surface area contributed by atoms with Crippen molar-refractivity contribution in [1.29, 1.82) is 0 Å². The Morgan fingerprint density at radius 1 is 1.15 bits per heavy atom. The molecule has 0 bridgehead atoms. The van der Waals surface area contributed by atoms with Crippen molar-refractivity contribution in [1.82, 2.24) is 0 Å². The van der Waals surface area contributed by atoms with Crippen molar-refractivity contribution in [3.63, 3.8) is 0 Å². The molecular weight excluding hydrogens is 160 g/mol. The van der Waals surface area contributed by atoms with Crippen LogP contribution in [0.5, 0.6) is 0 Å². The zero-order chi connectivity index (χ0) is 10.5. The van der Waals surface area contributed by atoms with Crippen molar-refractivity contribution < 1.29 is 5.11 Å². The Bertz CT molecular complexity index is 151. The maximum Gasteiger partial charge on any atom is 0.0540 e. The molecule has 0 spiro atoms. The average Bonchev–Trinajstić information content (AvgIpc) is 1.95. The minimum absolute atomic E-state index is 0.195. The molecule has 2 atom stereocenters. The zero-order valence-electron chi connectivity index (χ0n) is 9.67. The minimum atomic E-state index is -0.195. The Morgan fingerprint density at radius 2 is 1.69 bits per heavy atom. The van der Waals surface area contributed by atoms with Crippen molar-refractivity contribution in [2.75, 3.05) is 0 Å². The normalized spacial score (nSPS) is 17.7. The molecular formula is C12H24O. The first-order valence-electron chi connectivity index (χ1n) is 5.16. The second-order valence-corrected chi connectivity index (χ2v) is 5.19. The fourth-order valence-electron chi connectivity index (χ4n) is 0.945. The van der Waals surface area contributed by atoms with E-state index in [-0.39, 0.29) is 6.10 Å². The van der Waals surface area contributed by atoms with E-state index in [1.54, 1.807) is 0 Å². The SMILES string of the molecule is C[C@H](O)[C@H](C)C/C=C\CC(C)(C)C. The molecule has 1 heteroatoms. The predicted octanol–water partition coefficient (Wildman–Crippen LogP) is 3.39. The van der Waals surface area contributed by atoms with Gasteiger partial charge in [0.05, 0.1) is 6.10 Å². The summed E-state index contributed by atoms with van der Waals surface area (Å²) < 4.78 is 0. The first-order chi connectivity index (χ1) is 5.83. The van der Waals surface area contributed by atoms with Gasteiger partial charge in [0.2, 0.25) is 0 Å². The number of aliphatic hydroxyl groups excluding tert-OH is 1. The van der Waals surface area contributed by atoms with Crippen LogP contribution in [-0.4, -0.2) is 11.2 Å². The Balaban J connectivity index is 3.64. The van der Waals surface area contributed by atoms with Gasteiger partial charge in [0.25, 0.3) is 0 Å². The maximum absolute atomic E-state index is 9.25. The van der Waals surface area contributed by atoms with Gasteiger partial charge in [-0.1, -0.05) is 39.8 Å². The van der Waals surface area contributed by atoms with E-state index in [0.29, 0.717) is 11.3 Å². The van der Waals surface area contributed by atoms with Gasteiger partial charge in [-0.2, -0.15) is 0 Å². The fourth-order valence-corrected chi connectivity index (χ4v) is 0.945. The van der Waals surface area contributed by atoms with Crippen LogP contribution >= 0.6 is 0 Å². The van der Waals surface area contributed by atoms with E-state index in [0.717, 1.165) is 12.8 Å². The standard InChI is InChI=1S/C12H24O/c1-10(11(2)13)8-6-7-9-12(3,4)5/h6-7,10-11,13H,8-9H2,1-5H3/b7-6-/t10-,11+/m1/s1. The van der Waals surface area contributed by atoms with E-state index in [9.17, 15) is 5.11 Å². The van der Waals surface area contributed by atoms with E-state index >= 15 is 0 Å². The third-order valence-corrected chi connectivity index (χ3v) is 2.23. The lowest BCUT2D eigenvalue weighted by molar-refractivity contribution is 0.136. The molecule has 0 aromatic heterocycles. The summed E-state index contributed by atoms with van der Waals surface area (Å²) in [6.07, 6.45) is 6.30. The van der Waals surface area contributed by atoms with Gasteiger partial charge in [-0.25, -0.2) is 0 Å². The van der Waals surface area contributed by atoms with Crippen molar-refractivity contribution in [2.24, 2.45) is 11.3 Å². The summed E-state index contributed by atoms with van der Waals surface area (Å²) in [6, 6.07) is 0. The summed E-state index contributed by atoms with van der Waals surface area (Å²) in [7, 11) is 0. The predicted molar refractivity (Wildman–Crippen MR) is 58.7 cm³/mol. The number of hydrogen-bond donors (Lipinski definition) is 1. The van der Waals surface area contributed by atoms with Gasteiger partial charge < -0.3 is 5.11 Å². The molecule has 0 fully saturated rings. The Morgan fingerprint density at radius 3 is 2.08 bits per heavy atom. The first-order valence-corrected chi connectivity index (χ1v) is 5.16. The van der Waals surface area contributed by atoms with Crippen molar-refractivity contribution in [2.45, 2.75) is 53.6 Å². The molecule has 0 rings (SSSR count). The highest BCUT2D eigenvalue weighted by Crippen LogP contribution is 2.19. The Kier molecular flexibility index (Phi) is 5.31. The maximum atomic E-state index is 9.25. The van der Waals surface area contributed by atoms with Gasteiger partial charge in [0, 0.05) is 0 Å². The summed E-state index contributed by atoms with van der Waals surface area (Å²) in [5.41, 5.74) is 0.380. The summed E-state index contributed by atoms with van der Waals surface area (Å²) >= 11 is 0. The highest BCUT2D eigenvalue weighted by molar-refractivity contribution is 4.87. The van der Waals surface area contributed by atoms with Crippen LogP contribution in [0, 0.1) is 11.3 Å². The average molecular weight is 184 g/mol. The molecule has 0 aromatic carbocycles. The van der Waals surface area contributed by atoms with Crippen LogP contribution in [0.2, 0.25) is 0 Å².